The first-order valence-corrected chi connectivity index (χ1v) is 6.99. The van der Waals surface area contributed by atoms with Crippen LogP contribution in [0.3, 0.4) is 0 Å². The van der Waals surface area contributed by atoms with Gasteiger partial charge in [0.2, 0.25) is 0 Å². The highest BCUT2D eigenvalue weighted by Crippen LogP contribution is 2.21. The van der Waals surface area contributed by atoms with Gasteiger partial charge in [-0.3, -0.25) is 9.59 Å². The van der Waals surface area contributed by atoms with E-state index in [0.29, 0.717) is 11.3 Å². The molecule has 0 aromatic heterocycles. The third kappa shape index (κ3) is 5.07. The van der Waals surface area contributed by atoms with Crippen LogP contribution in [0, 0.1) is 0 Å². The number of benzene rings is 1. The Labute approximate surface area is 123 Å². The topological polar surface area (TPSA) is 84.9 Å². The van der Waals surface area contributed by atoms with Gasteiger partial charge in [0.25, 0.3) is 5.91 Å². The maximum absolute atomic E-state index is 11.7. The maximum atomic E-state index is 11.7. The van der Waals surface area contributed by atoms with E-state index in [1.165, 1.54) is 12.8 Å². The van der Waals surface area contributed by atoms with Gasteiger partial charge in [-0.25, -0.2) is 0 Å². The molecule has 1 amide bonds. The lowest BCUT2D eigenvalue weighted by Gasteiger charge is -2.12. The lowest BCUT2D eigenvalue weighted by molar-refractivity contribution is -0.135. The van der Waals surface area contributed by atoms with Gasteiger partial charge in [-0.15, -0.1) is 0 Å². The van der Waals surface area contributed by atoms with Crippen LogP contribution in [-0.2, 0) is 9.53 Å². The SMILES string of the molecule is O=C(O)CNC(=O)c1cccc(OCOC2CCCC2)c1. The summed E-state index contributed by atoms with van der Waals surface area (Å²) in [6.45, 7) is -0.250. The molecule has 6 heteroatoms. The number of hydrogen-bond acceptors (Lipinski definition) is 4. The Kier molecular flexibility index (Phi) is 5.57. The van der Waals surface area contributed by atoms with Gasteiger partial charge in [-0.1, -0.05) is 18.9 Å². The van der Waals surface area contributed by atoms with Crippen molar-refractivity contribution in [1.82, 2.24) is 5.32 Å². The summed E-state index contributed by atoms with van der Waals surface area (Å²) >= 11 is 0. The zero-order valence-corrected chi connectivity index (χ0v) is 11.7. The third-order valence-electron chi connectivity index (χ3n) is 3.33. The monoisotopic (exact) mass is 293 g/mol. The first kappa shape index (κ1) is 15.3. The fourth-order valence-electron chi connectivity index (χ4n) is 2.24. The Hall–Kier alpha value is -2.08. The molecule has 6 nitrogen and oxygen atoms in total. The minimum Gasteiger partial charge on any atom is -0.480 e. The fourth-order valence-corrected chi connectivity index (χ4v) is 2.24. The van der Waals surface area contributed by atoms with Crippen LogP contribution in [0.15, 0.2) is 24.3 Å². The van der Waals surface area contributed by atoms with Gasteiger partial charge in [-0.05, 0) is 31.0 Å². The van der Waals surface area contributed by atoms with Crippen molar-refractivity contribution >= 4 is 11.9 Å². The molecule has 0 heterocycles. The van der Waals surface area contributed by atoms with Gasteiger partial charge in [-0.2, -0.15) is 0 Å². The molecule has 1 aromatic rings. The van der Waals surface area contributed by atoms with Crippen molar-refractivity contribution in [3.05, 3.63) is 29.8 Å². The van der Waals surface area contributed by atoms with Crippen LogP contribution in [-0.4, -0.2) is 36.4 Å². The number of aliphatic carboxylic acids is 1. The Bertz CT molecular complexity index is 497. The number of ether oxygens (including phenoxy) is 2. The molecule has 0 saturated heterocycles. The number of rotatable bonds is 7. The molecular formula is C15H19NO5. The number of hydrogen-bond donors (Lipinski definition) is 2. The summed E-state index contributed by atoms with van der Waals surface area (Å²) in [6, 6.07) is 6.57. The smallest absolute Gasteiger partial charge is 0.322 e. The molecule has 0 spiro atoms. The van der Waals surface area contributed by atoms with E-state index >= 15 is 0 Å². The van der Waals surface area contributed by atoms with Crippen LogP contribution >= 0.6 is 0 Å². The molecule has 0 bridgehead atoms. The molecule has 1 fully saturated rings. The van der Waals surface area contributed by atoms with Gasteiger partial charge in [0.1, 0.15) is 12.3 Å². The van der Waals surface area contributed by atoms with Crippen molar-refractivity contribution in [2.24, 2.45) is 0 Å². The minimum absolute atomic E-state index is 0.158. The van der Waals surface area contributed by atoms with E-state index in [2.05, 4.69) is 5.32 Å². The molecule has 114 valence electrons. The summed E-state index contributed by atoms with van der Waals surface area (Å²) in [5.74, 6) is -1.00. The van der Waals surface area contributed by atoms with Crippen molar-refractivity contribution in [2.75, 3.05) is 13.3 Å². The van der Waals surface area contributed by atoms with Crippen LogP contribution in [0.25, 0.3) is 0 Å². The molecule has 1 aromatic carbocycles. The fraction of sp³-hybridized carbons (Fsp3) is 0.467. The second-order valence-corrected chi connectivity index (χ2v) is 4.94. The largest absolute Gasteiger partial charge is 0.480 e. The predicted octanol–water partition coefficient (Wildman–Crippen LogP) is 1.80. The average molecular weight is 293 g/mol. The summed E-state index contributed by atoms with van der Waals surface area (Å²) in [6.07, 6.45) is 4.81. The predicted molar refractivity (Wildman–Crippen MR) is 75.2 cm³/mol. The van der Waals surface area contributed by atoms with Crippen molar-refractivity contribution in [1.29, 1.82) is 0 Å². The summed E-state index contributed by atoms with van der Waals surface area (Å²) in [5.41, 5.74) is 0.356. The quantitative estimate of drug-likeness (QED) is 0.749. The highest BCUT2D eigenvalue weighted by atomic mass is 16.7. The van der Waals surface area contributed by atoms with Crippen LogP contribution in [0.1, 0.15) is 36.0 Å². The summed E-state index contributed by atoms with van der Waals surface area (Å²) in [7, 11) is 0. The van der Waals surface area contributed by atoms with Crippen molar-refractivity contribution in [2.45, 2.75) is 31.8 Å². The zero-order chi connectivity index (χ0) is 15.1. The third-order valence-corrected chi connectivity index (χ3v) is 3.33. The molecule has 0 unspecified atom stereocenters. The van der Waals surface area contributed by atoms with Gasteiger partial charge >= 0.3 is 5.97 Å². The molecule has 0 radical (unpaired) electrons. The summed E-state index contributed by atoms with van der Waals surface area (Å²) < 4.78 is 11.1. The number of amides is 1. The van der Waals surface area contributed by atoms with E-state index in [9.17, 15) is 9.59 Å². The van der Waals surface area contributed by atoms with E-state index in [4.69, 9.17) is 14.6 Å². The second-order valence-electron chi connectivity index (χ2n) is 4.94. The van der Waals surface area contributed by atoms with Crippen LogP contribution in [0.2, 0.25) is 0 Å². The van der Waals surface area contributed by atoms with E-state index in [1.807, 2.05) is 0 Å². The molecule has 2 rings (SSSR count). The zero-order valence-electron chi connectivity index (χ0n) is 11.7. The van der Waals surface area contributed by atoms with Gasteiger partial charge < -0.3 is 19.9 Å². The van der Waals surface area contributed by atoms with Gasteiger partial charge in [0.05, 0.1) is 6.10 Å². The second kappa shape index (κ2) is 7.64. The average Bonchev–Trinajstić information content (AvgIpc) is 2.98. The van der Waals surface area contributed by atoms with Crippen molar-refractivity contribution in [3.8, 4) is 5.75 Å². The molecule has 1 saturated carbocycles. The first-order valence-electron chi connectivity index (χ1n) is 6.99. The van der Waals surface area contributed by atoms with Crippen LogP contribution in [0.4, 0.5) is 0 Å². The van der Waals surface area contributed by atoms with Crippen LogP contribution in [0.5, 0.6) is 5.75 Å². The molecule has 2 N–H and O–H groups in total. The highest BCUT2D eigenvalue weighted by Gasteiger charge is 2.15. The number of carboxylic acid groups (broad SMARTS) is 1. The van der Waals surface area contributed by atoms with E-state index in [0.717, 1.165) is 12.8 Å². The number of carboxylic acids is 1. The lowest BCUT2D eigenvalue weighted by Crippen LogP contribution is -2.29. The minimum atomic E-state index is -1.08. The van der Waals surface area contributed by atoms with E-state index in [-0.39, 0.29) is 12.9 Å². The molecule has 21 heavy (non-hydrogen) atoms. The number of carbonyl (C=O) groups excluding carboxylic acids is 1. The summed E-state index contributed by atoms with van der Waals surface area (Å²) in [5, 5.41) is 10.8. The molecule has 1 aliphatic carbocycles. The van der Waals surface area contributed by atoms with Gasteiger partial charge in [0, 0.05) is 5.56 Å². The standard InChI is InChI=1S/C15H19NO5/c17-14(18)9-16-15(19)11-4-3-7-13(8-11)21-10-20-12-5-1-2-6-12/h3-4,7-8,12H,1-2,5-6,9-10H2,(H,16,19)(H,17,18). The molecule has 0 aliphatic heterocycles. The Morgan fingerprint density at radius 2 is 2.05 bits per heavy atom. The highest BCUT2D eigenvalue weighted by molar-refractivity contribution is 5.96. The Morgan fingerprint density at radius 3 is 2.76 bits per heavy atom. The molecule has 0 atom stereocenters. The maximum Gasteiger partial charge on any atom is 0.322 e. The van der Waals surface area contributed by atoms with Crippen molar-refractivity contribution in [3.63, 3.8) is 0 Å². The molecule has 1 aliphatic rings. The normalized spacial score (nSPS) is 14.9. The lowest BCUT2D eigenvalue weighted by atomic mass is 10.2. The first-order chi connectivity index (χ1) is 10.1. The Balaban J connectivity index is 1.82. The van der Waals surface area contributed by atoms with Crippen LogP contribution < -0.4 is 10.1 Å². The number of carbonyl (C=O) groups is 2. The number of nitrogens with one attached hydrogen (secondary N) is 1. The molecular weight excluding hydrogens is 274 g/mol. The van der Waals surface area contributed by atoms with E-state index < -0.39 is 18.4 Å². The Morgan fingerprint density at radius 1 is 1.29 bits per heavy atom. The summed E-state index contributed by atoms with van der Waals surface area (Å²) in [4.78, 5) is 22.1. The van der Waals surface area contributed by atoms with Crippen molar-refractivity contribution < 1.29 is 24.2 Å². The van der Waals surface area contributed by atoms with E-state index in [1.54, 1.807) is 24.3 Å². The van der Waals surface area contributed by atoms with Gasteiger partial charge in [0.15, 0.2) is 6.79 Å².